The van der Waals surface area contributed by atoms with Crippen LogP contribution in [0.15, 0.2) is 48.5 Å². The molecule has 2 rings (SSSR count). The molecular weight excluding hydrogens is 412 g/mol. The maximum Gasteiger partial charge on any atom is 0.127 e. The average molecular weight is 457 g/mol. The summed E-state index contributed by atoms with van der Waals surface area (Å²) in [6.07, 6.45) is 10.5. The van der Waals surface area contributed by atoms with Gasteiger partial charge in [0, 0.05) is 0 Å². The molecule has 0 atom stereocenters. The van der Waals surface area contributed by atoms with Gasteiger partial charge in [0.05, 0.1) is 25.2 Å². The van der Waals surface area contributed by atoms with Crippen LogP contribution in [0.3, 0.4) is 0 Å². The minimum Gasteiger partial charge on any atom is -0.395 e. The molecule has 2 aromatic rings. The topological polar surface area (TPSA) is 80.9 Å². The highest BCUT2D eigenvalue weighted by Crippen LogP contribution is 2.47. The highest BCUT2D eigenvalue weighted by atomic mass is 16.3. The van der Waals surface area contributed by atoms with Crippen molar-refractivity contribution < 1.29 is 20.4 Å². The Bertz CT molecular complexity index is 749. The molecule has 0 bridgehead atoms. The molecule has 0 heterocycles. The molecule has 0 aliphatic rings. The fraction of sp³-hybridized carbons (Fsp3) is 0.586. The number of hydrogen-bond donors (Lipinski definition) is 4. The summed E-state index contributed by atoms with van der Waals surface area (Å²) in [4.78, 5) is 0. The Morgan fingerprint density at radius 2 is 0.970 bits per heavy atom. The van der Waals surface area contributed by atoms with E-state index in [0.717, 1.165) is 62.5 Å². The van der Waals surface area contributed by atoms with E-state index >= 15 is 0 Å². The van der Waals surface area contributed by atoms with Crippen molar-refractivity contribution in [2.45, 2.75) is 83.7 Å². The van der Waals surface area contributed by atoms with Gasteiger partial charge >= 0.3 is 0 Å². The van der Waals surface area contributed by atoms with Gasteiger partial charge < -0.3 is 20.4 Å². The van der Waals surface area contributed by atoms with Crippen molar-refractivity contribution in [3.8, 4) is 0 Å². The standard InChI is InChI=1S/C29H44O4/c1-3-5-7-9-15-24-17-11-13-19-26(24)29(33,28(21-30,22-31)23-32)27-20-14-12-18-25(27)16-10-8-6-4-2/h11-14,17-20,30-33H,3-10,15-16,21-23H2,1-2H3. The fourth-order valence-electron chi connectivity index (χ4n) is 4.88. The first-order valence-corrected chi connectivity index (χ1v) is 12.8. The van der Waals surface area contributed by atoms with Crippen LogP contribution < -0.4 is 0 Å². The van der Waals surface area contributed by atoms with Crippen molar-refractivity contribution in [3.63, 3.8) is 0 Å². The van der Waals surface area contributed by atoms with E-state index in [4.69, 9.17) is 0 Å². The highest BCUT2D eigenvalue weighted by Gasteiger charge is 2.53. The Balaban J connectivity index is 2.62. The van der Waals surface area contributed by atoms with E-state index in [9.17, 15) is 20.4 Å². The quantitative estimate of drug-likeness (QED) is 0.264. The van der Waals surface area contributed by atoms with Crippen molar-refractivity contribution in [2.75, 3.05) is 19.8 Å². The Morgan fingerprint density at radius 3 is 1.33 bits per heavy atom. The second-order valence-electron chi connectivity index (χ2n) is 9.40. The monoisotopic (exact) mass is 456 g/mol. The maximum atomic E-state index is 12.6. The van der Waals surface area contributed by atoms with Crippen LogP contribution in [-0.2, 0) is 18.4 Å². The van der Waals surface area contributed by atoms with Gasteiger partial charge in [-0.2, -0.15) is 0 Å². The predicted octanol–water partition coefficient (Wildman–Crippen LogP) is 5.13. The van der Waals surface area contributed by atoms with Gasteiger partial charge in [-0.1, -0.05) is 101 Å². The summed E-state index contributed by atoms with van der Waals surface area (Å²) in [6.45, 7) is 2.75. The summed E-state index contributed by atoms with van der Waals surface area (Å²) in [5, 5.41) is 43.8. The molecule has 2 aromatic carbocycles. The van der Waals surface area contributed by atoms with Gasteiger partial charge in [0.2, 0.25) is 0 Å². The third-order valence-electron chi connectivity index (χ3n) is 7.09. The number of aliphatic hydroxyl groups is 4. The smallest absolute Gasteiger partial charge is 0.127 e. The van der Waals surface area contributed by atoms with E-state index < -0.39 is 30.8 Å². The Labute approximate surface area is 200 Å². The zero-order valence-corrected chi connectivity index (χ0v) is 20.6. The molecule has 4 heteroatoms. The molecule has 0 aromatic heterocycles. The first-order chi connectivity index (χ1) is 16.0. The van der Waals surface area contributed by atoms with Crippen molar-refractivity contribution in [1.29, 1.82) is 0 Å². The van der Waals surface area contributed by atoms with Crippen molar-refractivity contribution in [1.82, 2.24) is 0 Å². The molecule has 0 radical (unpaired) electrons. The van der Waals surface area contributed by atoms with Crippen LogP contribution in [0.5, 0.6) is 0 Å². The van der Waals surface area contributed by atoms with Gasteiger partial charge in [-0.05, 0) is 47.9 Å². The summed E-state index contributed by atoms with van der Waals surface area (Å²) < 4.78 is 0. The maximum absolute atomic E-state index is 12.6. The molecular formula is C29H44O4. The van der Waals surface area contributed by atoms with Gasteiger partial charge in [0.1, 0.15) is 5.60 Å². The van der Waals surface area contributed by atoms with Crippen LogP contribution in [0.25, 0.3) is 0 Å². The lowest BCUT2D eigenvalue weighted by Gasteiger charge is -2.46. The summed E-state index contributed by atoms with van der Waals surface area (Å²) in [6, 6.07) is 15.5. The second kappa shape index (κ2) is 13.9. The number of benzene rings is 2. The molecule has 4 N–H and O–H groups in total. The number of hydrogen-bond acceptors (Lipinski definition) is 4. The van der Waals surface area contributed by atoms with Gasteiger partial charge in [-0.3, -0.25) is 0 Å². The average Bonchev–Trinajstić information content (AvgIpc) is 2.86. The van der Waals surface area contributed by atoms with Crippen LogP contribution >= 0.6 is 0 Å². The highest BCUT2D eigenvalue weighted by molar-refractivity contribution is 5.47. The molecule has 33 heavy (non-hydrogen) atoms. The van der Waals surface area contributed by atoms with Crippen LogP contribution in [0, 0.1) is 5.41 Å². The molecule has 0 unspecified atom stereocenters. The Morgan fingerprint density at radius 1 is 0.576 bits per heavy atom. The summed E-state index contributed by atoms with van der Waals surface area (Å²) >= 11 is 0. The van der Waals surface area contributed by atoms with E-state index in [1.54, 1.807) is 0 Å². The molecule has 0 amide bonds. The molecule has 0 fully saturated rings. The van der Waals surface area contributed by atoms with Crippen LogP contribution in [0.1, 0.15) is 87.5 Å². The van der Waals surface area contributed by atoms with Crippen molar-refractivity contribution in [3.05, 3.63) is 70.8 Å². The SMILES string of the molecule is CCCCCCc1ccccc1C(O)(c1ccccc1CCCCCC)C(CO)(CO)CO. The molecule has 4 nitrogen and oxygen atoms in total. The first kappa shape index (κ1) is 27.5. The van der Waals surface area contributed by atoms with E-state index in [2.05, 4.69) is 13.8 Å². The molecule has 0 saturated carbocycles. The van der Waals surface area contributed by atoms with E-state index in [1.165, 1.54) is 12.8 Å². The third-order valence-corrected chi connectivity index (χ3v) is 7.09. The third kappa shape index (κ3) is 6.24. The second-order valence-corrected chi connectivity index (χ2v) is 9.40. The molecule has 0 aliphatic carbocycles. The zero-order valence-electron chi connectivity index (χ0n) is 20.6. The fourth-order valence-corrected chi connectivity index (χ4v) is 4.88. The van der Waals surface area contributed by atoms with Gasteiger partial charge in [-0.15, -0.1) is 0 Å². The van der Waals surface area contributed by atoms with E-state index in [1.807, 2.05) is 48.5 Å². The number of rotatable bonds is 16. The minimum atomic E-state index is -1.73. The van der Waals surface area contributed by atoms with Crippen LogP contribution in [-0.4, -0.2) is 40.2 Å². The Hall–Kier alpha value is -1.72. The van der Waals surface area contributed by atoms with Gasteiger partial charge in [0.25, 0.3) is 0 Å². The van der Waals surface area contributed by atoms with Crippen LogP contribution in [0.4, 0.5) is 0 Å². The molecule has 0 spiro atoms. The van der Waals surface area contributed by atoms with Crippen LogP contribution in [0.2, 0.25) is 0 Å². The lowest BCUT2D eigenvalue weighted by molar-refractivity contribution is -0.136. The van der Waals surface area contributed by atoms with Gasteiger partial charge in [-0.25, -0.2) is 0 Å². The first-order valence-electron chi connectivity index (χ1n) is 12.8. The lowest BCUT2D eigenvalue weighted by Crippen LogP contribution is -2.55. The number of aryl methyl sites for hydroxylation is 2. The minimum absolute atomic E-state index is 0.537. The Kier molecular flexibility index (Phi) is 11.6. The predicted molar refractivity (Wildman–Crippen MR) is 135 cm³/mol. The summed E-state index contributed by atoms with van der Waals surface area (Å²) in [5.41, 5.74) is 0.0764. The zero-order chi connectivity index (χ0) is 24.2. The lowest BCUT2D eigenvalue weighted by atomic mass is 9.63. The number of unbranched alkanes of at least 4 members (excludes halogenated alkanes) is 6. The van der Waals surface area contributed by atoms with Gasteiger partial charge in [0.15, 0.2) is 0 Å². The van der Waals surface area contributed by atoms with Crippen molar-refractivity contribution >= 4 is 0 Å². The summed E-state index contributed by atoms with van der Waals surface area (Å²) in [5.74, 6) is 0. The largest absolute Gasteiger partial charge is 0.395 e. The normalized spacial score (nSPS) is 12.3. The molecule has 0 saturated heterocycles. The van der Waals surface area contributed by atoms with E-state index in [-0.39, 0.29) is 0 Å². The number of aliphatic hydroxyl groups excluding tert-OH is 3. The molecule has 184 valence electrons. The van der Waals surface area contributed by atoms with E-state index in [0.29, 0.717) is 11.1 Å². The summed E-state index contributed by atoms with van der Waals surface area (Å²) in [7, 11) is 0. The molecule has 0 aliphatic heterocycles. The van der Waals surface area contributed by atoms with Crippen molar-refractivity contribution in [2.24, 2.45) is 5.41 Å².